The van der Waals surface area contributed by atoms with Crippen molar-refractivity contribution < 1.29 is 18.3 Å². The summed E-state index contributed by atoms with van der Waals surface area (Å²) in [4.78, 5) is 13.7. The van der Waals surface area contributed by atoms with Gasteiger partial charge in [0.15, 0.2) is 0 Å². The molecule has 7 heteroatoms. The Morgan fingerprint density at radius 2 is 1.86 bits per heavy atom. The maximum atomic E-state index is 13.5. The van der Waals surface area contributed by atoms with E-state index in [9.17, 15) is 13.6 Å². The molecular weight excluding hydrogens is 280 g/mol. The molecule has 0 aromatic heterocycles. The highest BCUT2D eigenvalue weighted by atomic mass is 19.1. The molecule has 0 radical (unpaired) electrons. The van der Waals surface area contributed by atoms with Crippen LogP contribution in [0.25, 0.3) is 0 Å². The van der Waals surface area contributed by atoms with Gasteiger partial charge in [0.1, 0.15) is 17.3 Å². The van der Waals surface area contributed by atoms with Gasteiger partial charge in [-0.15, -0.1) is 0 Å². The zero-order valence-electron chi connectivity index (χ0n) is 12.5. The molecule has 0 aliphatic rings. The first kappa shape index (κ1) is 17.3. The molecule has 0 saturated carbocycles. The number of nitrogens with one attached hydrogen (secondary N) is 2. The van der Waals surface area contributed by atoms with Gasteiger partial charge in [0, 0.05) is 25.7 Å². The van der Waals surface area contributed by atoms with Gasteiger partial charge in [-0.25, -0.2) is 8.78 Å². The van der Waals surface area contributed by atoms with Crippen LogP contribution in [-0.2, 0) is 4.74 Å². The van der Waals surface area contributed by atoms with Gasteiger partial charge in [-0.2, -0.15) is 0 Å². The lowest BCUT2D eigenvalue weighted by Crippen LogP contribution is -2.28. The zero-order valence-corrected chi connectivity index (χ0v) is 12.5. The van der Waals surface area contributed by atoms with Gasteiger partial charge in [0.25, 0.3) is 5.91 Å². The molecular formula is C14H21F2N3O2. The van der Waals surface area contributed by atoms with Crippen LogP contribution < -0.4 is 10.6 Å². The molecule has 0 unspecified atom stereocenters. The SMILES string of the molecule is CNc1c(F)cc(C(=O)NCCOCCN(C)C)cc1F. The predicted molar refractivity (Wildman–Crippen MR) is 77.6 cm³/mol. The summed E-state index contributed by atoms with van der Waals surface area (Å²) in [5, 5.41) is 4.95. The maximum Gasteiger partial charge on any atom is 0.251 e. The van der Waals surface area contributed by atoms with E-state index in [1.165, 1.54) is 7.05 Å². The van der Waals surface area contributed by atoms with E-state index in [0.717, 1.165) is 18.7 Å². The van der Waals surface area contributed by atoms with Gasteiger partial charge < -0.3 is 20.3 Å². The van der Waals surface area contributed by atoms with E-state index in [1.807, 2.05) is 19.0 Å². The standard InChI is InChI=1S/C14H21F2N3O2/c1-17-13-11(15)8-10(9-12(13)16)14(20)18-4-6-21-7-5-19(2)3/h8-9,17H,4-7H2,1-3H3,(H,18,20). The van der Waals surface area contributed by atoms with Crippen LogP contribution in [0, 0.1) is 11.6 Å². The number of rotatable bonds is 8. The first-order valence-corrected chi connectivity index (χ1v) is 6.63. The second kappa shape index (κ2) is 8.53. The van der Waals surface area contributed by atoms with E-state index in [2.05, 4.69) is 10.6 Å². The Morgan fingerprint density at radius 1 is 1.24 bits per heavy atom. The third kappa shape index (κ3) is 5.65. The van der Waals surface area contributed by atoms with Crippen LogP contribution in [0.5, 0.6) is 0 Å². The number of hydrogen-bond donors (Lipinski definition) is 2. The first-order chi connectivity index (χ1) is 9.95. The van der Waals surface area contributed by atoms with Crippen LogP contribution in [-0.4, -0.2) is 58.3 Å². The molecule has 5 nitrogen and oxygen atoms in total. The van der Waals surface area contributed by atoms with E-state index >= 15 is 0 Å². The van der Waals surface area contributed by atoms with Crippen LogP contribution in [0.3, 0.4) is 0 Å². The van der Waals surface area contributed by atoms with E-state index in [4.69, 9.17) is 4.74 Å². The average molecular weight is 301 g/mol. The first-order valence-electron chi connectivity index (χ1n) is 6.63. The molecule has 21 heavy (non-hydrogen) atoms. The second-order valence-electron chi connectivity index (χ2n) is 4.74. The van der Waals surface area contributed by atoms with Crippen molar-refractivity contribution in [1.82, 2.24) is 10.2 Å². The number of halogens is 2. The van der Waals surface area contributed by atoms with Crippen LogP contribution in [0.1, 0.15) is 10.4 Å². The van der Waals surface area contributed by atoms with Crippen molar-refractivity contribution in [1.29, 1.82) is 0 Å². The van der Waals surface area contributed by atoms with Crippen LogP contribution in [0.15, 0.2) is 12.1 Å². The lowest BCUT2D eigenvalue weighted by molar-refractivity contribution is 0.0899. The molecule has 0 spiro atoms. The number of nitrogens with zero attached hydrogens (tertiary/aromatic N) is 1. The Hall–Kier alpha value is -1.73. The van der Waals surface area contributed by atoms with Crippen molar-refractivity contribution >= 4 is 11.6 Å². The second-order valence-corrected chi connectivity index (χ2v) is 4.74. The molecule has 118 valence electrons. The summed E-state index contributed by atoms with van der Waals surface area (Å²) in [5.74, 6) is -2.14. The molecule has 0 aliphatic carbocycles. The van der Waals surface area contributed by atoms with Crippen molar-refractivity contribution in [3.63, 3.8) is 0 Å². The molecule has 0 heterocycles. The minimum Gasteiger partial charge on any atom is -0.383 e. The third-order valence-corrected chi connectivity index (χ3v) is 2.77. The Labute approximate surface area is 123 Å². The highest BCUT2D eigenvalue weighted by molar-refractivity contribution is 5.94. The molecule has 0 fully saturated rings. The van der Waals surface area contributed by atoms with Crippen LogP contribution in [0.2, 0.25) is 0 Å². The normalized spacial score (nSPS) is 10.8. The molecule has 0 saturated heterocycles. The van der Waals surface area contributed by atoms with Gasteiger partial charge in [0.2, 0.25) is 0 Å². The molecule has 0 bridgehead atoms. The molecule has 0 atom stereocenters. The largest absolute Gasteiger partial charge is 0.383 e. The summed E-state index contributed by atoms with van der Waals surface area (Å²) in [5.41, 5.74) is -0.309. The summed E-state index contributed by atoms with van der Waals surface area (Å²) < 4.78 is 32.3. The topological polar surface area (TPSA) is 53.6 Å². The summed E-state index contributed by atoms with van der Waals surface area (Å²) >= 11 is 0. The van der Waals surface area contributed by atoms with E-state index in [-0.39, 0.29) is 17.8 Å². The fourth-order valence-electron chi connectivity index (χ4n) is 1.63. The quantitative estimate of drug-likeness (QED) is 0.711. The van der Waals surface area contributed by atoms with Gasteiger partial charge in [-0.1, -0.05) is 0 Å². The van der Waals surface area contributed by atoms with E-state index in [1.54, 1.807) is 0 Å². The summed E-state index contributed by atoms with van der Waals surface area (Å²) in [6.45, 7) is 1.97. The predicted octanol–water partition coefficient (Wildman–Crippen LogP) is 1.31. The molecule has 0 aliphatic heterocycles. The van der Waals surface area contributed by atoms with Crippen LogP contribution >= 0.6 is 0 Å². The Morgan fingerprint density at radius 3 is 2.38 bits per heavy atom. The molecule has 1 rings (SSSR count). The smallest absolute Gasteiger partial charge is 0.251 e. The van der Waals surface area contributed by atoms with Crippen molar-refractivity contribution in [2.45, 2.75) is 0 Å². The van der Waals surface area contributed by atoms with Crippen molar-refractivity contribution in [3.05, 3.63) is 29.3 Å². The Balaban J connectivity index is 2.42. The monoisotopic (exact) mass is 301 g/mol. The van der Waals surface area contributed by atoms with Gasteiger partial charge in [-0.05, 0) is 26.2 Å². The highest BCUT2D eigenvalue weighted by Gasteiger charge is 2.13. The Bertz CT molecular complexity index is 458. The lowest BCUT2D eigenvalue weighted by Gasteiger charge is -2.11. The summed E-state index contributed by atoms with van der Waals surface area (Å²) in [7, 11) is 5.28. The van der Waals surface area contributed by atoms with Gasteiger partial charge in [0.05, 0.1) is 13.2 Å². The maximum absolute atomic E-state index is 13.5. The number of benzene rings is 1. The number of hydrogen-bond acceptors (Lipinski definition) is 4. The minimum atomic E-state index is -0.801. The zero-order chi connectivity index (χ0) is 15.8. The van der Waals surface area contributed by atoms with E-state index in [0.29, 0.717) is 13.2 Å². The summed E-state index contributed by atoms with van der Waals surface area (Å²) in [6, 6.07) is 1.99. The number of ether oxygens (including phenoxy) is 1. The van der Waals surface area contributed by atoms with Gasteiger partial charge >= 0.3 is 0 Å². The third-order valence-electron chi connectivity index (χ3n) is 2.77. The van der Waals surface area contributed by atoms with Crippen molar-refractivity contribution in [3.8, 4) is 0 Å². The molecule has 2 N–H and O–H groups in total. The molecule has 1 amide bonds. The fourth-order valence-corrected chi connectivity index (χ4v) is 1.63. The number of carbonyl (C=O) groups is 1. The lowest BCUT2D eigenvalue weighted by atomic mass is 10.1. The number of anilines is 1. The minimum absolute atomic E-state index is 0.0581. The number of likely N-dealkylation sites (N-methyl/N-ethyl adjacent to an activating group) is 1. The fraction of sp³-hybridized carbons (Fsp3) is 0.500. The average Bonchev–Trinajstić information content (AvgIpc) is 2.41. The molecule has 1 aromatic rings. The Kier molecular flexibility index (Phi) is 7.04. The van der Waals surface area contributed by atoms with Crippen molar-refractivity contribution in [2.75, 3.05) is 52.8 Å². The summed E-state index contributed by atoms with van der Waals surface area (Å²) in [6.07, 6.45) is 0. The van der Waals surface area contributed by atoms with Gasteiger partial charge in [-0.3, -0.25) is 4.79 Å². The van der Waals surface area contributed by atoms with E-state index < -0.39 is 17.5 Å². The number of amides is 1. The highest BCUT2D eigenvalue weighted by Crippen LogP contribution is 2.19. The molecule has 1 aromatic carbocycles. The number of carbonyl (C=O) groups excluding carboxylic acids is 1. The van der Waals surface area contributed by atoms with Crippen molar-refractivity contribution in [2.24, 2.45) is 0 Å². The van der Waals surface area contributed by atoms with Crippen LogP contribution in [0.4, 0.5) is 14.5 Å².